The molecule has 0 atom stereocenters. The average molecular weight is 328 g/mol. The molecule has 2 N–H and O–H groups in total. The Morgan fingerprint density at radius 2 is 2.14 bits per heavy atom. The van der Waals surface area contributed by atoms with Crippen molar-refractivity contribution in [2.45, 2.75) is 31.2 Å². The summed E-state index contributed by atoms with van der Waals surface area (Å²) < 4.78 is 29.1. The van der Waals surface area contributed by atoms with Gasteiger partial charge in [0.1, 0.15) is 4.90 Å². The largest absolute Gasteiger partial charge is 0.352 e. The Labute approximate surface area is 129 Å². The predicted molar refractivity (Wildman–Crippen MR) is 85.2 cm³/mol. The van der Waals surface area contributed by atoms with E-state index in [4.69, 9.17) is 0 Å². The second-order valence-electron chi connectivity index (χ2n) is 5.15. The lowest BCUT2D eigenvalue weighted by atomic mass is 10.2. The van der Waals surface area contributed by atoms with Crippen molar-refractivity contribution in [1.82, 2.24) is 14.9 Å². The molecule has 2 heterocycles. The van der Waals surface area contributed by atoms with Crippen molar-refractivity contribution in [1.29, 1.82) is 0 Å². The summed E-state index contributed by atoms with van der Waals surface area (Å²) in [5, 5.41) is 5.28. The maximum Gasteiger partial charge on any atom is 0.265 e. The standard InChI is InChI=1S/C13H20N4O2S2/c1-9(2)12-8-20-13(15-12)16-21(18,19)11-5-10(6-14-3)17(4)7-11/h5,7-9,14H,6H2,1-4H3,(H,15,16). The van der Waals surface area contributed by atoms with Crippen LogP contribution in [0, 0.1) is 0 Å². The first-order valence-corrected chi connectivity index (χ1v) is 8.98. The molecule has 6 nitrogen and oxygen atoms in total. The number of anilines is 1. The minimum atomic E-state index is -3.60. The van der Waals surface area contributed by atoms with Gasteiger partial charge in [-0.15, -0.1) is 11.3 Å². The lowest BCUT2D eigenvalue weighted by Gasteiger charge is -2.02. The van der Waals surface area contributed by atoms with Gasteiger partial charge in [-0.05, 0) is 19.0 Å². The minimum absolute atomic E-state index is 0.247. The second kappa shape index (κ2) is 6.17. The molecule has 0 aromatic carbocycles. The van der Waals surface area contributed by atoms with Gasteiger partial charge in [0, 0.05) is 30.9 Å². The lowest BCUT2D eigenvalue weighted by molar-refractivity contribution is 0.601. The number of sulfonamides is 1. The van der Waals surface area contributed by atoms with E-state index in [1.54, 1.807) is 16.8 Å². The number of hydrogen-bond donors (Lipinski definition) is 2. The third-order valence-corrected chi connectivity index (χ3v) is 5.30. The van der Waals surface area contributed by atoms with Crippen molar-refractivity contribution in [3.8, 4) is 0 Å². The number of hydrogen-bond acceptors (Lipinski definition) is 5. The molecule has 0 spiro atoms. The number of thiazole rings is 1. The zero-order valence-corrected chi connectivity index (χ0v) is 14.2. The van der Waals surface area contributed by atoms with E-state index in [2.05, 4.69) is 15.0 Å². The van der Waals surface area contributed by atoms with Crippen LogP contribution in [-0.2, 0) is 23.6 Å². The molecule has 21 heavy (non-hydrogen) atoms. The first-order chi connectivity index (χ1) is 9.83. The molecule has 0 bridgehead atoms. The van der Waals surface area contributed by atoms with Crippen LogP contribution in [0.15, 0.2) is 22.5 Å². The molecule has 0 fully saturated rings. The Balaban J connectivity index is 2.23. The van der Waals surface area contributed by atoms with Crippen molar-refractivity contribution in [2.24, 2.45) is 7.05 Å². The lowest BCUT2D eigenvalue weighted by Crippen LogP contribution is -2.12. The summed E-state index contributed by atoms with van der Waals surface area (Å²) in [5.41, 5.74) is 1.79. The third kappa shape index (κ3) is 3.63. The van der Waals surface area contributed by atoms with Crippen LogP contribution in [0.4, 0.5) is 5.13 Å². The molecule has 0 aliphatic heterocycles. The Hall–Kier alpha value is -1.38. The summed E-state index contributed by atoms with van der Waals surface area (Å²) >= 11 is 1.30. The van der Waals surface area contributed by atoms with Crippen molar-refractivity contribution in [2.75, 3.05) is 11.8 Å². The van der Waals surface area contributed by atoms with E-state index in [0.717, 1.165) is 11.4 Å². The smallest absolute Gasteiger partial charge is 0.265 e. The number of rotatable bonds is 6. The number of aryl methyl sites for hydroxylation is 1. The summed E-state index contributed by atoms with van der Waals surface area (Å²) in [6, 6.07) is 1.66. The molecule has 8 heteroatoms. The fraction of sp³-hybridized carbons (Fsp3) is 0.462. The highest BCUT2D eigenvalue weighted by molar-refractivity contribution is 7.93. The van der Waals surface area contributed by atoms with Crippen LogP contribution < -0.4 is 10.0 Å². The Bertz CT molecular complexity index is 716. The van der Waals surface area contributed by atoms with Gasteiger partial charge in [0.15, 0.2) is 5.13 Å². The number of nitrogens with one attached hydrogen (secondary N) is 2. The molecular weight excluding hydrogens is 308 g/mol. The average Bonchev–Trinajstić information content (AvgIpc) is 2.98. The zero-order valence-electron chi connectivity index (χ0n) is 12.5. The van der Waals surface area contributed by atoms with Crippen LogP contribution in [0.2, 0.25) is 0 Å². The van der Waals surface area contributed by atoms with Crippen molar-refractivity contribution < 1.29 is 8.42 Å². The van der Waals surface area contributed by atoms with E-state index in [-0.39, 0.29) is 10.8 Å². The molecular formula is C13H20N4O2S2. The van der Waals surface area contributed by atoms with Crippen LogP contribution in [0.3, 0.4) is 0 Å². The van der Waals surface area contributed by atoms with E-state index < -0.39 is 10.0 Å². The maximum atomic E-state index is 12.4. The van der Waals surface area contributed by atoms with Gasteiger partial charge in [0.2, 0.25) is 0 Å². The third-order valence-electron chi connectivity index (χ3n) is 3.09. The highest BCUT2D eigenvalue weighted by Gasteiger charge is 2.19. The van der Waals surface area contributed by atoms with Crippen LogP contribution in [0.25, 0.3) is 0 Å². The molecule has 2 rings (SSSR count). The van der Waals surface area contributed by atoms with Crippen LogP contribution in [-0.4, -0.2) is 25.0 Å². The van der Waals surface area contributed by atoms with Gasteiger partial charge < -0.3 is 9.88 Å². The van der Waals surface area contributed by atoms with Crippen LogP contribution in [0.1, 0.15) is 31.2 Å². The van der Waals surface area contributed by atoms with Crippen molar-refractivity contribution >= 4 is 26.5 Å². The summed E-state index contributed by atoms with van der Waals surface area (Å²) in [5.74, 6) is 0.276. The molecule has 2 aromatic heterocycles. The zero-order chi connectivity index (χ0) is 15.6. The predicted octanol–water partition coefficient (Wildman–Crippen LogP) is 2.13. The highest BCUT2D eigenvalue weighted by atomic mass is 32.2. The van der Waals surface area contributed by atoms with Gasteiger partial charge in [0.05, 0.1) is 5.69 Å². The van der Waals surface area contributed by atoms with Gasteiger partial charge in [-0.3, -0.25) is 4.72 Å². The van der Waals surface area contributed by atoms with Crippen molar-refractivity contribution in [3.63, 3.8) is 0 Å². The molecule has 0 aliphatic carbocycles. The summed E-state index contributed by atoms with van der Waals surface area (Å²) in [4.78, 5) is 4.54. The van der Waals surface area contributed by atoms with Gasteiger partial charge >= 0.3 is 0 Å². The van der Waals surface area contributed by atoms with Gasteiger partial charge in [-0.1, -0.05) is 13.8 Å². The van der Waals surface area contributed by atoms with Gasteiger partial charge in [-0.25, -0.2) is 13.4 Å². The second-order valence-corrected chi connectivity index (χ2v) is 7.69. The van der Waals surface area contributed by atoms with E-state index >= 15 is 0 Å². The Kier molecular flexibility index (Phi) is 4.70. The quantitative estimate of drug-likeness (QED) is 0.852. The van der Waals surface area contributed by atoms with E-state index in [1.165, 1.54) is 11.3 Å². The van der Waals surface area contributed by atoms with E-state index in [1.807, 2.05) is 33.3 Å². The molecule has 0 amide bonds. The first-order valence-electron chi connectivity index (χ1n) is 6.61. The minimum Gasteiger partial charge on any atom is -0.352 e. The molecule has 0 saturated carbocycles. The van der Waals surface area contributed by atoms with Crippen LogP contribution >= 0.6 is 11.3 Å². The number of nitrogens with zero attached hydrogens (tertiary/aromatic N) is 2. The van der Waals surface area contributed by atoms with Gasteiger partial charge in [0.25, 0.3) is 10.0 Å². The first kappa shape index (κ1) is 16.0. The molecule has 0 aliphatic rings. The Morgan fingerprint density at radius 3 is 2.71 bits per heavy atom. The fourth-order valence-corrected chi connectivity index (χ4v) is 4.07. The van der Waals surface area contributed by atoms with E-state index in [9.17, 15) is 8.42 Å². The monoisotopic (exact) mass is 328 g/mol. The summed E-state index contributed by atoms with van der Waals surface area (Å²) in [7, 11) is 0.0508. The van der Waals surface area contributed by atoms with Gasteiger partial charge in [-0.2, -0.15) is 0 Å². The van der Waals surface area contributed by atoms with E-state index in [0.29, 0.717) is 11.7 Å². The van der Waals surface area contributed by atoms with Crippen molar-refractivity contribution in [3.05, 3.63) is 29.0 Å². The highest BCUT2D eigenvalue weighted by Crippen LogP contribution is 2.24. The molecule has 0 saturated heterocycles. The molecule has 2 aromatic rings. The maximum absolute atomic E-state index is 12.4. The van der Waals surface area contributed by atoms with Crippen LogP contribution in [0.5, 0.6) is 0 Å². The Morgan fingerprint density at radius 1 is 1.43 bits per heavy atom. The summed E-state index contributed by atoms with van der Waals surface area (Å²) in [6.45, 7) is 4.66. The molecule has 116 valence electrons. The number of aromatic nitrogens is 2. The topological polar surface area (TPSA) is 76.0 Å². The summed E-state index contributed by atoms with van der Waals surface area (Å²) in [6.07, 6.45) is 1.60. The molecule has 0 unspecified atom stereocenters. The molecule has 0 radical (unpaired) electrons. The normalized spacial score (nSPS) is 12.0. The fourth-order valence-electron chi connectivity index (χ4n) is 1.85. The SMILES string of the molecule is CNCc1cc(S(=O)(=O)Nc2nc(C(C)C)cs2)cn1C.